The number of fused-ring (bicyclic) bond motifs is 1. The molecule has 2 aliphatic heterocycles. The van der Waals surface area contributed by atoms with E-state index in [9.17, 15) is 14.4 Å². The molecule has 0 aromatic heterocycles. The number of carbonyl (C=O) groups is 3. The lowest BCUT2D eigenvalue weighted by Crippen LogP contribution is -2.56. The van der Waals surface area contributed by atoms with Gasteiger partial charge in [0, 0.05) is 18.5 Å². The first-order valence-electron chi connectivity index (χ1n) is 6.76. The Hall–Kier alpha value is -2.17. The Morgan fingerprint density at radius 1 is 1.20 bits per heavy atom. The average Bonchev–Trinajstić information content (AvgIpc) is 2.70. The zero-order chi connectivity index (χ0) is 14.3. The lowest BCUT2D eigenvalue weighted by molar-refractivity contribution is -0.135. The van der Waals surface area contributed by atoms with Crippen LogP contribution in [0.15, 0.2) is 24.3 Å². The van der Waals surface area contributed by atoms with E-state index in [0.29, 0.717) is 31.4 Å². The van der Waals surface area contributed by atoms with Crippen molar-refractivity contribution in [2.24, 2.45) is 0 Å². The zero-order valence-electron chi connectivity index (χ0n) is 11.3. The van der Waals surface area contributed by atoms with E-state index in [1.54, 1.807) is 17.9 Å². The number of hydrogen-bond donors (Lipinski definition) is 1. The molecule has 5 heteroatoms. The number of imide groups is 1. The van der Waals surface area contributed by atoms with Crippen LogP contribution < -0.4 is 5.32 Å². The van der Waals surface area contributed by atoms with Gasteiger partial charge in [0.25, 0.3) is 11.8 Å². The summed E-state index contributed by atoms with van der Waals surface area (Å²) in [5.74, 6) is -0.767. The molecule has 1 atom stereocenters. The zero-order valence-corrected chi connectivity index (χ0v) is 11.3. The number of rotatable bonds is 1. The Morgan fingerprint density at radius 2 is 1.95 bits per heavy atom. The minimum absolute atomic E-state index is 0.132. The highest BCUT2D eigenvalue weighted by Gasteiger charge is 2.46. The minimum atomic E-state index is -0.956. The van der Waals surface area contributed by atoms with Crippen LogP contribution in [0.5, 0.6) is 0 Å². The van der Waals surface area contributed by atoms with Crippen molar-refractivity contribution in [1.29, 1.82) is 0 Å². The molecular weight excluding hydrogens is 256 g/mol. The number of carbonyl (C=O) groups excluding carboxylic acids is 3. The van der Waals surface area contributed by atoms with Gasteiger partial charge in [0.05, 0.1) is 0 Å². The maximum Gasteiger partial charge on any atom is 0.255 e. The van der Waals surface area contributed by atoms with Crippen molar-refractivity contribution in [3.8, 4) is 0 Å². The molecule has 1 N–H and O–H groups in total. The van der Waals surface area contributed by atoms with Gasteiger partial charge in [0.15, 0.2) is 0 Å². The lowest BCUT2D eigenvalue weighted by Gasteiger charge is -2.36. The van der Waals surface area contributed by atoms with Crippen LogP contribution in [0.1, 0.15) is 42.1 Å². The molecule has 3 amide bonds. The Labute approximate surface area is 116 Å². The summed E-state index contributed by atoms with van der Waals surface area (Å²) in [7, 11) is 0. The molecule has 0 saturated carbocycles. The van der Waals surface area contributed by atoms with Crippen molar-refractivity contribution >= 4 is 17.7 Å². The molecule has 1 unspecified atom stereocenters. The number of nitrogens with one attached hydrogen (secondary N) is 1. The van der Waals surface area contributed by atoms with Crippen molar-refractivity contribution in [3.63, 3.8) is 0 Å². The van der Waals surface area contributed by atoms with Gasteiger partial charge in [-0.1, -0.05) is 18.2 Å². The first-order chi connectivity index (χ1) is 9.52. The van der Waals surface area contributed by atoms with Crippen LogP contribution in [0.2, 0.25) is 0 Å². The highest BCUT2D eigenvalue weighted by Crippen LogP contribution is 2.33. The maximum atomic E-state index is 12.5. The molecule has 0 bridgehead atoms. The predicted octanol–water partition coefficient (Wildman–Crippen LogP) is 1.23. The number of nitrogens with zero attached hydrogens (tertiary/aromatic N) is 1. The monoisotopic (exact) mass is 272 g/mol. The number of amides is 3. The summed E-state index contributed by atoms with van der Waals surface area (Å²) >= 11 is 0. The van der Waals surface area contributed by atoms with E-state index in [1.165, 1.54) is 0 Å². The summed E-state index contributed by atoms with van der Waals surface area (Å²) in [6, 6.07) is 7.38. The van der Waals surface area contributed by atoms with Crippen LogP contribution in [-0.2, 0) is 16.1 Å². The SMILES string of the molecule is CC1(N2Cc3ccccc3C2=O)CCCC(=O)NC1=O. The fourth-order valence-electron chi connectivity index (χ4n) is 2.94. The second kappa shape index (κ2) is 4.44. The normalized spacial score (nSPS) is 26.2. The third-order valence-electron chi connectivity index (χ3n) is 4.23. The highest BCUT2D eigenvalue weighted by atomic mass is 16.2. The molecule has 20 heavy (non-hydrogen) atoms. The average molecular weight is 272 g/mol. The van der Waals surface area contributed by atoms with Crippen LogP contribution in [0.3, 0.4) is 0 Å². The van der Waals surface area contributed by atoms with E-state index < -0.39 is 5.54 Å². The van der Waals surface area contributed by atoms with Crippen LogP contribution in [0.4, 0.5) is 0 Å². The van der Waals surface area contributed by atoms with Crippen LogP contribution >= 0.6 is 0 Å². The molecule has 1 aromatic rings. The molecule has 0 aliphatic carbocycles. The second-order valence-corrected chi connectivity index (χ2v) is 5.55. The lowest BCUT2D eigenvalue weighted by atomic mass is 9.93. The van der Waals surface area contributed by atoms with Gasteiger partial charge < -0.3 is 4.90 Å². The van der Waals surface area contributed by atoms with Gasteiger partial charge in [0.1, 0.15) is 5.54 Å². The second-order valence-electron chi connectivity index (χ2n) is 5.55. The molecule has 104 valence electrons. The summed E-state index contributed by atoms with van der Waals surface area (Å²) < 4.78 is 0. The predicted molar refractivity (Wildman–Crippen MR) is 71.7 cm³/mol. The van der Waals surface area contributed by atoms with Crippen LogP contribution in [0, 0.1) is 0 Å². The topological polar surface area (TPSA) is 66.5 Å². The van der Waals surface area contributed by atoms with Crippen LogP contribution in [0.25, 0.3) is 0 Å². The molecule has 3 rings (SSSR count). The van der Waals surface area contributed by atoms with Crippen molar-refractivity contribution in [2.75, 3.05) is 0 Å². The molecule has 1 fully saturated rings. The molecule has 0 spiro atoms. The molecule has 2 heterocycles. The largest absolute Gasteiger partial charge is 0.320 e. The van der Waals surface area contributed by atoms with E-state index in [4.69, 9.17) is 0 Å². The Balaban J connectivity index is 1.95. The van der Waals surface area contributed by atoms with Crippen molar-refractivity contribution in [2.45, 2.75) is 38.3 Å². The summed E-state index contributed by atoms with van der Waals surface area (Å²) in [6.45, 7) is 2.16. The summed E-state index contributed by atoms with van der Waals surface area (Å²) in [4.78, 5) is 37.9. The Morgan fingerprint density at radius 3 is 2.70 bits per heavy atom. The maximum absolute atomic E-state index is 12.5. The van der Waals surface area contributed by atoms with E-state index in [2.05, 4.69) is 5.32 Å². The number of hydrogen-bond acceptors (Lipinski definition) is 3. The molecule has 5 nitrogen and oxygen atoms in total. The molecule has 1 saturated heterocycles. The van der Waals surface area contributed by atoms with E-state index in [0.717, 1.165) is 5.56 Å². The summed E-state index contributed by atoms with van der Waals surface area (Å²) in [6.07, 6.45) is 1.44. The highest BCUT2D eigenvalue weighted by molar-refractivity contribution is 6.06. The van der Waals surface area contributed by atoms with E-state index >= 15 is 0 Å². The smallest absolute Gasteiger partial charge is 0.255 e. The molecule has 2 aliphatic rings. The molecular formula is C15H16N2O3. The third-order valence-corrected chi connectivity index (χ3v) is 4.23. The van der Waals surface area contributed by atoms with Crippen molar-refractivity contribution < 1.29 is 14.4 Å². The standard InChI is InChI=1S/C15H16N2O3/c1-15(8-4-7-12(18)16-14(15)20)17-9-10-5-2-3-6-11(10)13(17)19/h2-3,5-6H,4,7-9H2,1H3,(H,16,18,20). The van der Waals surface area contributed by atoms with Gasteiger partial charge in [0.2, 0.25) is 5.91 Å². The first kappa shape index (κ1) is 12.8. The van der Waals surface area contributed by atoms with Crippen LogP contribution in [-0.4, -0.2) is 28.2 Å². The van der Waals surface area contributed by atoms with Gasteiger partial charge in [-0.3, -0.25) is 19.7 Å². The van der Waals surface area contributed by atoms with E-state index in [1.807, 2.05) is 18.2 Å². The Kier molecular flexibility index (Phi) is 2.85. The first-order valence-corrected chi connectivity index (χ1v) is 6.76. The van der Waals surface area contributed by atoms with Gasteiger partial charge in [-0.2, -0.15) is 0 Å². The van der Waals surface area contributed by atoms with E-state index in [-0.39, 0.29) is 17.7 Å². The van der Waals surface area contributed by atoms with Gasteiger partial charge in [-0.15, -0.1) is 0 Å². The molecule has 1 aromatic carbocycles. The van der Waals surface area contributed by atoms with Gasteiger partial charge in [-0.25, -0.2) is 0 Å². The molecule has 0 radical (unpaired) electrons. The fourth-order valence-corrected chi connectivity index (χ4v) is 2.94. The fraction of sp³-hybridized carbons (Fsp3) is 0.400. The van der Waals surface area contributed by atoms with Crippen molar-refractivity contribution in [1.82, 2.24) is 10.2 Å². The minimum Gasteiger partial charge on any atom is -0.320 e. The quantitative estimate of drug-likeness (QED) is 0.782. The summed E-state index contributed by atoms with van der Waals surface area (Å²) in [5, 5.41) is 2.38. The van der Waals surface area contributed by atoms with Crippen molar-refractivity contribution in [3.05, 3.63) is 35.4 Å². The summed E-state index contributed by atoms with van der Waals surface area (Å²) in [5.41, 5.74) is 0.627. The van der Waals surface area contributed by atoms with Gasteiger partial charge >= 0.3 is 0 Å². The number of benzene rings is 1. The Bertz CT molecular complexity index is 611. The third kappa shape index (κ3) is 1.81. The van der Waals surface area contributed by atoms with Gasteiger partial charge in [-0.05, 0) is 31.4 Å².